The average Bonchev–Trinajstić information content (AvgIpc) is 2.17. The van der Waals surface area contributed by atoms with Crippen LogP contribution < -0.4 is 5.32 Å². The molecule has 0 saturated heterocycles. The van der Waals surface area contributed by atoms with E-state index < -0.39 is 0 Å². The SMILES string of the molecule is C#CCOC1CCC(NCC)CC1. The Kier molecular flexibility index (Phi) is 4.88. The van der Waals surface area contributed by atoms with E-state index in [9.17, 15) is 0 Å². The van der Waals surface area contributed by atoms with Crippen LogP contribution in [0.4, 0.5) is 0 Å². The van der Waals surface area contributed by atoms with Crippen molar-refractivity contribution in [1.82, 2.24) is 5.32 Å². The maximum atomic E-state index is 5.49. The quantitative estimate of drug-likeness (QED) is 0.664. The second-order valence-electron chi connectivity index (χ2n) is 3.55. The molecule has 0 unspecified atom stereocenters. The van der Waals surface area contributed by atoms with Crippen molar-refractivity contribution in [3.05, 3.63) is 0 Å². The van der Waals surface area contributed by atoms with Crippen LogP contribution in [0.15, 0.2) is 0 Å². The second kappa shape index (κ2) is 6.01. The first-order valence-corrected chi connectivity index (χ1v) is 5.15. The van der Waals surface area contributed by atoms with Crippen LogP contribution >= 0.6 is 0 Å². The van der Waals surface area contributed by atoms with Gasteiger partial charge in [-0.3, -0.25) is 0 Å². The molecule has 0 spiro atoms. The van der Waals surface area contributed by atoms with Gasteiger partial charge in [-0.15, -0.1) is 6.42 Å². The van der Waals surface area contributed by atoms with Gasteiger partial charge >= 0.3 is 0 Å². The van der Waals surface area contributed by atoms with Crippen LogP contribution in [0.25, 0.3) is 0 Å². The van der Waals surface area contributed by atoms with Crippen molar-refractivity contribution in [2.24, 2.45) is 0 Å². The van der Waals surface area contributed by atoms with Gasteiger partial charge in [-0.2, -0.15) is 0 Å². The summed E-state index contributed by atoms with van der Waals surface area (Å²) in [6, 6.07) is 0.704. The van der Waals surface area contributed by atoms with E-state index in [0.717, 1.165) is 19.4 Å². The number of rotatable bonds is 4. The van der Waals surface area contributed by atoms with Gasteiger partial charge in [0.25, 0.3) is 0 Å². The fraction of sp³-hybridized carbons (Fsp3) is 0.818. The Labute approximate surface area is 81.0 Å². The van der Waals surface area contributed by atoms with Crippen molar-refractivity contribution in [3.8, 4) is 12.3 Å². The van der Waals surface area contributed by atoms with Crippen LogP contribution in [0.2, 0.25) is 0 Å². The lowest BCUT2D eigenvalue weighted by molar-refractivity contribution is 0.0428. The van der Waals surface area contributed by atoms with Gasteiger partial charge < -0.3 is 10.1 Å². The third kappa shape index (κ3) is 3.80. The van der Waals surface area contributed by atoms with Gasteiger partial charge in [0.2, 0.25) is 0 Å². The summed E-state index contributed by atoms with van der Waals surface area (Å²) >= 11 is 0. The first-order valence-electron chi connectivity index (χ1n) is 5.15. The summed E-state index contributed by atoms with van der Waals surface area (Å²) in [5.41, 5.74) is 0. The molecular weight excluding hydrogens is 162 g/mol. The van der Waals surface area contributed by atoms with Gasteiger partial charge in [0.1, 0.15) is 6.61 Å². The van der Waals surface area contributed by atoms with Gasteiger partial charge in [0, 0.05) is 6.04 Å². The summed E-state index contributed by atoms with van der Waals surface area (Å²) in [7, 11) is 0. The van der Waals surface area contributed by atoms with Gasteiger partial charge in [0.05, 0.1) is 6.10 Å². The van der Waals surface area contributed by atoms with Crippen molar-refractivity contribution >= 4 is 0 Å². The molecule has 0 heterocycles. The fourth-order valence-electron chi connectivity index (χ4n) is 1.89. The number of ether oxygens (including phenoxy) is 1. The molecule has 2 heteroatoms. The molecule has 0 aromatic rings. The minimum Gasteiger partial charge on any atom is -0.366 e. The fourth-order valence-corrected chi connectivity index (χ4v) is 1.89. The molecule has 0 aromatic carbocycles. The van der Waals surface area contributed by atoms with Crippen molar-refractivity contribution in [2.45, 2.75) is 44.8 Å². The van der Waals surface area contributed by atoms with E-state index in [0.29, 0.717) is 18.8 Å². The summed E-state index contributed by atoms with van der Waals surface area (Å²) in [5.74, 6) is 2.51. The van der Waals surface area contributed by atoms with Gasteiger partial charge in [-0.1, -0.05) is 12.8 Å². The van der Waals surface area contributed by atoms with Crippen LogP contribution in [0, 0.1) is 12.3 Å². The van der Waals surface area contributed by atoms with Crippen LogP contribution in [-0.2, 0) is 4.74 Å². The largest absolute Gasteiger partial charge is 0.366 e. The highest BCUT2D eigenvalue weighted by atomic mass is 16.5. The zero-order valence-electron chi connectivity index (χ0n) is 8.38. The minimum absolute atomic E-state index is 0.408. The molecular formula is C11H19NO. The summed E-state index contributed by atoms with van der Waals surface area (Å²) in [4.78, 5) is 0. The molecule has 1 saturated carbocycles. The molecule has 13 heavy (non-hydrogen) atoms. The predicted molar refractivity (Wildman–Crippen MR) is 54.5 cm³/mol. The van der Waals surface area contributed by atoms with E-state index in [1.54, 1.807) is 0 Å². The molecule has 1 N–H and O–H groups in total. The van der Waals surface area contributed by atoms with Crippen LogP contribution in [0.5, 0.6) is 0 Å². The topological polar surface area (TPSA) is 21.3 Å². The summed E-state index contributed by atoms with van der Waals surface area (Å²) in [5, 5.41) is 3.47. The molecule has 1 fully saturated rings. The predicted octanol–water partition coefficient (Wildman–Crippen LogP) is 1.56. The minimum atomic E-state index is 0.408. The molecule has 2 nitrogen and oxygen atoms in total. The molecule has 1 rings (SSSR count). The highest BCUT2D eigenvalue weighted by Crippen LogP contribution is 2.20. The number of terminal acetylenes is 1. The van der Waals surface area contributed by atoms with E-state index in [-0.39, 0.29) is 0 Å². The number of hydrogen-bond acceptors (Lipinski definition) is 2. The Morgan fingerprint density at radius 2 is 2.08 bits per heavy atom. The monoisotopic (exact) mass is 181 g/mol. The van der Waals surface area contributed by atoms with E-state index in [2.05, 4.69) is 18.2 Å². The van der Waals surface area contributed by atoms with Gasteiger partial charge in [0.15, 0.2) is 0 Å². The Balaban J connectivity index is 2.12. The van der Waals surface area contributed by atoms with E-state index in [1.807, 2.05) is 0 Å². The molecule has 0 bridgehead atoms. The molecule has 0 atom stereocenters. The molecule has 74 valence electrons. The lowest BCUT2D eigenvalue weighted by Crippen LogP contribution is -2.35. The Hall–Kier alpha value is -0.520. The van der Waals surface area contributed by atoms with Crippen LogP contribution in [-0.4, -0.2) is 25.3 Å². The lowest BCUT2D eigenvalue weighted by Gasteiger charge is -2.28. The third-order valence-corrected chi connectivity index (χ3v) is 2.57. The normalized spacial score (nSPS) is 28.3. The maximum absolute atomic E-state index is 5.49. The standard InChI is InChI=1S/C11H19NO/c1-3-9-13-11-7-5-10(6-8-11)12-4-2/h1,10-12H,4-9H2,2H3. The van der Waals surface area contributed by atoms with Crippen molar-refractivity contribution in [3.63, 3.8) is 0 Å². The highest BCUT2D eigenvalue weighted by Gasteiger charge is 2.20. The first kappa shape index (κ1) is 10.6. The Bertz CT molecular complexity index is 165. The molecule has 1 aliphatic carbocycles. The van der Waals surface area contributed by atoms with Crippen molar-refractivity contribution in [2.75, 3.05) is 13.2 Å². The molecule has 0 aliphatic heterocycles. The van der Waals surface area contributed by atoms with E-state index >= 15 is 0 Å². The van der Waals surface area contributed by atoms with Crippen LogP contribution in [0.1, 0.15) is 32.6 Å². The van der Waals surface area contributed by atoms with Gasteiger partial charge in [-0.25, -0.2) is 0 Å². The summed E-state index contributed by atoms with van der Waals surface area (Å²) in [6.07, 6.45) is 10.3. The zero-order valence-corrected chi connectivity index (χ0v) is 8.38. The summed E-state index contributed by atoms with van der Waals surface area (Å²) < 4.78 is 5.49. The molecule has 0 amide bonds. The van der Waals surface area contributed by atoms with Crippen molar-refractivity contribution < 1.29 is 4.74 Å². The maximum Gasteiger partial charge on any atom is 0.107 e. The van der Waals surface area contributed by atoms with E-state index in [4.69, 9.17) is 11.2 Å². The van der Waals surface area contributed by atoms with E-state index in [1.165, 1.54) is 12.8 Å². The molecule has 1 aliphatic rings. The molecule has 0 radical (unpaired) electrons. The second-order valence-corrected chi connectivity index (χ2v) is 3.55. The number of nitrogens with one attached hydrogen (secondary N) is 1. The number of hydrogen-bond donors (Lipinski definition) is 1. The summed E-state index contributed by atoms with van der Waals surface area (Å²) in [6.45, 7) is 3.69. The first-order chi connectivity index (χ1) is 6.36. The third-order valence-electron chi connectivity index (χ3n) is 2.57. The van der Waals surface area contributed by atoms with Gasteiger partial charge in [-0.05, 0) is 32.2 Å². The van der Waals surface area contributed by atoms with Crippen LogP contribution in [0.3, 0.4) is 0 Å². The van der Waals surface area contributed by atoms with Crippen molar-refractivity contribution in [1.29, 1.82) is 0 Å². The average molecular weight is 181 g/mol. The Morgan fingerprint density at radius 1 is 1.38 bits per heavy atom. The molecule has 0 aromatic heterocycles. The Morgan fingerprint density at radius 3 is 2.62 bits per heavy atom. The smallest absolute Gasteiger partial charge is 0.107 e. The zero-order chi connectivity index (χ0) is 9.52. The lowest BCUT2D eigenvalue weighted by atomic mass is 9.93. The highest BCUT2D eigenvalue weighted by molar-refractivity contribution is 4.85.